The average Bonchev–Trinajstić information content (AvgIpc) is 3.20. The lowest BCUT2D eigenvalue weighted by molar-refractivity contribution is -0.0334. The summed E-state index contributed by atoms with van der Waals surface area (Å²) in [6.07, 6.45) is 1.53. The Hall–Kier alpha value is -1.15. The zero-order chi connectivity index (χ0) is 20.4. The van der Waals surface area contributed by atoms with E-state index < -0.39 is 0 Å². The molecule has 7 heteroatoms. The second-order valence-electron chi connectivity index (χ2n) is 7.61. The molecule has 0 amide bonds. The van der Waals surface area contributed by atoms with Gasteiger partial charge in [-0.25, -0.2) is 0 Å². The van der Waals surface area contributed by atoms with Crippen molar-refractivity contribution in [1.82, 2.24) is 15.5 Å². The summed E-state index contributed by atoms with van der Waals surface area (Å²) in [6, 6.07) is 4.68. The van der Waals surface area contributed by atoms with Crippen molar-refractivity contribution >= 4 is 17.3 Å². The van der Waals surface area contributed by atoms with Gasteiger partial charge in [-0.3, -0.25) is 9.89 Å². The summed E-state index contributed by atoms with van der Waals surface area (Å²) in [5, 5.41) is 9.12. The Morgan fingerprint density at radius 1 is 1.43 bits per heavy atom. The van der Waals surface area contributed by atoms with Gasteiger partial charge < -0.3 is 20.1 Å². The highest BCUT2D eigenvalue weighted by atomic mass is 32.1. The highest BCUT2D eigenvalue weighted by molar-refractivity contribution is 7.10. The molecule has 2 rings (SSSR count). The molecule has 0 radical (unpaired) electrons. The Labute approximate surface area is 174 Å². The van der Waals surface area contributed by atoms with E-state index in [1.165, 1.54) is 4.88 Å². The van der Waals surface area contributed by atoms with Gasteiger partial charge in [-0.1, -0.05) is 19.9 Å². The number of ether oxygens (including phenoxy) is 2. The Morgan fingerprint density at radius 2 is 2.25 bits per heavy atom. The summed E-state index contributed by atoms with van der Waals surface area (Å²) in [4.78, 5) is 8.30. The number of morpholine rings is 1. The molecule has 0 spiro atoms. The summed E-state index contributed by atoms with van der Waals surface area (Å²) >= 11 is 1.82. The van der Waals surface area contributed by atoms with Crippen LogP contribution in [0.2, 0.25) is 0 Å². The van der Waals surface area contributed by atoms with E-state index in [9.17, 15) is 0 Å². The predicted molar refractivity (Wildman–Crippen MR) is 118 cm³/mol. The lowest BCUT2D eigenvalue weighted by Crippen LogP contribution is -2.48. The molecule has 0 saturated carbocycles. The first-order valence-electron chi connectivity index (χ1n) is 10.5. The smallest absolute Gasteiger partial charge is 0.191 e. The van der Waals surface area contributed by atoms with Gasteiger partial charge >= 0.3 is 0 Å². The monoisotopic (exact) mass is 410 g/mol. The maximum Gasteiger partial charge on any atom is 0.191 e. The van der Waals surface area contributed by atoms with Crippen LogP contribution in [0.1, 0.15) is 45.0 Å². The minimum atomic E-state index is 0.278. The fourth-order valence-corrected chi connectivity index (χ4v) is 4.45. The quantitative estimate of drug-likeness (QED) is 0.458. The second-order valence-corrected chi connectivity index (χ2v) is 8.59. The molecule has 3 atom stereocenters. The number of hydrogen-bond acceptors (Lipinski definition) is 5. The van der Waals surface area contributed by atoms with E-state index >= 15 is 0 Å². The maximum absolute atomic E-state index is 5.84. The van der Waals surface area contributed by atoms with Crippen LogP contribution in [-0.4, -0.2) is 69.5 Å². The second kappa shape index (κ2) is 12.4. The lowest BCUT2D eigenvalue weighted by atomic mass is 10.0. The van der Waals surface area contributed by atoms with Gasteiger partial charge in [0.2, 0.25) is 0 Å². The molecule has 0 bridgehead atoms. The van der Waals surface area contributed by atoms with Crippen molar-refractivity contribution in [3.63, 3.8) is 0 Å². The molecule has 0 aliphatic carbocycles. The molecule has 1 aromatic heterocycles. The van der Waals surface area contributed by atoms with Crippen molar-refractivity contribution in [2.45, 2.75) is 52.4 Å². The van der Waals surface area contributed by atoms with Crippen LogP contribution in [0, 0.1) is 5.92 Å². The van der Waals surface area contributed by atoms with Crippen LogP contribution in [-0.2, 0) is 9.47 Å². The fraction of sp³-hybridized carbons (Fsp3) is 0.762. The number of aliphatic imine (C=N–C) groups is 1. The van der Waals surface area contributed by atoms with Gasteiger partial charge in [0.1, 0.15) is 0 Å². The van der Waals surface area contributed by atoms with E-state index in [1.807, 2.05) is 18.4 Å². The van der Waals surface area contributed by atoms with Crippen LogP contribution in [0.25, 0.3) is 0 Å². The Kier molecular flexibility index (Phi) is 10.3. The Balaban J connectivity index is 1.88. The van der Waals surface area contributed by atoms with Gasteiger partial charge in [0.05, 0.1) is 24.9 Å². The third-order valence-electron chi connectivity index (χ3n) is 5.12. The highest BCUT2D eigenvalue weighted by Gasteiger charge is 2.26. The fourth-order valence-electron chi connectivity index (χ4n) is 3.59. The third kappa shape index (κ3) is 7.35. The van der Waals surface area contributed by atoms with Crippen LogP contribution < -0.4 is 10.6 Å². The lowest BCUT2D eigenvalue weighted by Gasteiger charge is -2.37. The molecule has 160 valence electrons. The number of thiophene rings is 1. The first-order valence-corrected chi connectivity index (χ1v) is 11.4. The van der Waals surface area contributed by atoms with Crippen molar-refractivity contribution in [2.75, 3.05) is 46.4 Å². The number of rotatable bonds is 10. The van der Waals surface area contributed by atoms with Gasteiger partial charge in [0.15, 0.2) is 5.96 Å². The summed E-state index contributed by atoms with van der Waals surface area (Å²) in [5.74, 6) is 1.37. The summed E-state index contributed by atoms with van der Waals surface area (Å²) in [5.41, 5.74) is 0. The summed E-state index contributed by atoms with van der Waals surface area (Å²) < 4.78 is 11.6. The number of hydrogen-bond donors (Lipinski definition) is 2. The van der Waals surface area contributed by atoms with Crippen molar-refractivity contribution in [3.05, 3.63) is 22.4 Å². The normalized spacial score (nSPS) is 20.9. The van der Waals surface area contributed by atoms with E-state index in [2.05, 4.69) is 65.7 Å². The molecule has 28 heavy (non-hydrogen) atoms. The van der Waals surface area contributed by atoms with Gasteiger partial charge in [-0.2, -0.15) is 0 Å². The van der Waals surface area contributed by atoms with Crippen molar-refractivity contribution < 1.29 is 9.47 Å². The van der Waals surface area contributed by atoms with Crippen LogP contribution in [0.3, 0.4) is 0 Å². The van der Waals surface area contributed by atoms with Gasteiger partial charge in [0, 0.05) is 44.7 Å². The zero-order valence-electron chi connectivity index (χ0n) is 18.1. The summed E-state index contributed by atoms with van der Waals surface area (Å²) in [7, 11) is 1.83. The van der Waals surface area contributed by atoms with Crippen molar-refractivity contribution in [3.8, 4) is 0 Å². The molecule has 0 aromatic carbocycles. The molecule has 2 N–H and O–H groups in total. The molecule has 1 aliphatic rings. The molecular formula is C21H38N4O2S. The topological polar surface area (TPSA) is 58.1 Å². The van der Waals surface area contributed by atoms with Crippen molar-refractivity contribution in [1.29, 1.82) is 0 Å². The summed E-state index contributed by atoms with van der Waals surface area (Å²) in [6.45, 7) is 13.8. The molecule has 3 unspecified atom stereocenters. The largest absolute Gasteiger partial charge is 0.378 e. The van der Waals surface area contributed by atoms with Gasteiger partial charge in [0.25, 0.3) is 0 Å². The van der Waals surface area contributed by atoms with E-state index in [0.717, 1.165) is 51.8 Å². The van der Waals surface area contributed by atoms with Crippen LogP contribution in [0.4, 0.5) is 0 Å². The van der Waals surface area contributed by atoms with Crippen LogP contribution >= 0.6 is 11.3 Å². The van der Waals surface area contributed by atoms with Crippen LogP contribution in [0.5, 0.6) is 0 Å². The van der Waals surface area contributed by atoms with Gasteiger partial charge in [-0.15, -0.1) is 11.3 Å². The van der Waals surface area contributed by atoms with E-state index in [1.54, 1.807) is 0 Å². The first kappa shape index (κ1) is 23.1. The zero-order valence-corrected chi connectivity index (χ0v) is 18.9. The SMILES string of the molecule is CCOC(CCNC(=NC)NCC(c1cccs1)N1CCOC(C)C1)C(C)C. The molecular weight excluding hydrogens is 372 g/mol. The van der Waals surface area contributed by atoms with Crippen molar-refractivity contribution in [2.24, 2.45) is 10.9 Å². The number of nitrogens with one attached hydrogen (secondary N) is 2. The molecule has 2 heterocycles. The van der Waals surface area contributed by atoms with E-state index in [4.69, 9.17) is 9.47 Å². The minimum Gasteiger partial charge on any atom is -0.378 e. The number of nitrogens with zero attached hydrogens (tertiary/aromatic N) is 2. The predicted octanol–water partition coefficient (Wildman–Crippen LogP) is 3.13. The van der Waals surface area contributed by atoms with Gasteiger partial charge in [-0.05, 0) is 37.6 Å². The molecule has 1 aromatic rings. The first-order chi connectivity index (χ1) is 13.5. The maximum atomic E-state index is 5.84. The highest BCUT2D eigenvalue weighted by Crippen LogP contribution is 2.26. The number of guanidine groups is 1. The van der Waals surface area contributed by atoms with E-state index in [0.29, 0.717) is 12.0 Å². The van der Waals surface area contributed by atoms with Crippen LogP contribution in [0.15, 0.2) is 22.5 Å². The third-order valence-corrected chi connectivity index (χ3v) is 6.09. The minimum absolute atomic E-state index is 0.278. The van der Waals surface area contributed by atoms with E-state index in [-0.39, 0.29) is 12.2 Å². The Bertz CT molecular complexity index is 565. The Morgan fingerprint density at radius 3 is 2.86 bits per heavy atom. The average molecular weight is 411 g/mol. The molecule has 6 nitrogen and oxygen atoms in total. The molecule has 1 saturated heterocycles. The molecule has 1 aliphatic heterocycles. The standard InChI is InChI=1S/C21H38N4O2S/c1-6-26-19(16(2)3)9-10-23-21(22-5)24-14-18(20-8-7-13-28-20)25-11-12-27-17(4)15-25/h7-8,13,16-19H,6,9-12,14-15H2,1-5H3,(H2,22,23,24). The molecule has 1 fully saturated rings.